The summed E-state index contributed by atoms with van der Waals surface area (Å²) in [6, 6.07) is 8.75. The average Bonchev–Trinajstić information content (AvgIpc) is 2.85. The van der Waals surface area contributed by atoms with Gasteiger partial charge >= 0.3 is 11.9 Å². The SMILES string of the molecule is CN(C)CCN1CCOC2c3ccccc3OCCC21.O=C(O)/C=C/C(=O)O. The number of ether oxygens (including phenoxy) is 2. The highest BCUT2D eigenvalue weighted by molar-refractivity contribution is 5.89. The number of para-hydroxylation sites is 1. The van der Waals surface area contributed by atoms with Crippen molar-refractivity contribution in [1.82, 2.24) is 9.80 Å². The molecule has 28 heavy (non-hydrogen) atoms. The van der Waals surface area contributed by atoms with Crippen LogP contribution < -0.4 is 4.74 Å². The number of morpholine rings is 1. The molecule has 8 nitrogen and oxygen atoms in total. The zero-order valence-electron chi connectivity index (χ0n) is 16.3. The molecule has 0 saturated carbocycles. The van der Waals surface area contributed by atoms with Crippen LogP contribution in [0, 0.1) is 0 Å². The van der Waals surface area contributed by atoms with Crippen LogP contribution >= 0.6 is 0 Å². The highest BCUT2D eigenvalue weighted by atomic mass is 16.5. The summed E-state index contributed by atoms with van der Waals surface area (Å²) in [5.74, 6) is -1.52. The van der Waals surface area contributed by atoms with Gasteiger partial charge in [-0.1, -0.05) is 18.2 Å². The molecule has 2 unspecified atom stereocenters. The molecule has 2 N–H and O–H groups in total. The molecule has 1 fully saturated rings. The van der Waals surface area contributed by atoms with Crippen molar-refractivity contribution >= 4 is 11.9 Å². The number of aliphatic carboxylic acids is 2. The topological polar surface area (TPSA) is 99.5 Å². The summed E-state index contributed by atoms with van der Waals surface area (Å²) in [5, 5.41) is 15.6. The van der Waals surface area contributed by atoms with E-state index in [0.29, 0.717) is 18.2 Å². The minimum absolute atomic E-state index is 0.157. The lowest BCUT2D eigenvalue weighted by atomic mass is 9.97. The van der Waals surface area contributed by atoms with Crippen LogP contribution in [0.2, 0.25) is 0 Å². The molecule has 3 rings (SSSR count). The second-order valence-electron chi connectivity index (χ2n) is 6.88. The standard InChI is InChI=1S/C16H24N2O2.C4H4O4/c1-17(2)8-9-18-10-12-20-16-13-5-3-4-6-15(13)19-11-7-14(16)18;5-3(6)1-2-4(7)8/h3-6,14,16H,7-12H2,1-2H3;1-2H,(H,5,6)(H,7,8)/b;2-1+. The van der Waals surface area contributed by atoms with Crippen molar-refractivity contribution in [2.75, 3.05) is 46.9 Å². The van der Waals surface area contributed by atoms with Crippen LogP contribution in [0.15, 0.2) is 36.4 Å². The van der Waals surface area contributed by atoms with E-state index in [2.05, 4.69) is 42.1 Å². The monoisotopic (exact) mass is 392 g/mol. The van der Waals surface area contributed by atoms with E-state index in [4.69, 9.17) is 19.7 Å². The number of likely N-dealkylation sites (N-methyl/N-ethyl adjacent to an activating group) is 1. The number of carboxylic acid groups (broad SMARTS) is 2. The van der Waals surface area contributed by atoms with Crippen molar-refractivity contribution < 1.29 is 29.3 Å². The van der Waals surface area contributed by atoms with Gasteiger partial charge in [-0.15, -0.1) is 0 Å². The van der Waals surface area contributed by atoms with Crippen LogP contribution in [0.5, 0.6) is 5.75 Å². The van der Waals surface area contributed by atoms with Crippen molar-refractivity contribution in [1.29, 1.82) is 0 Å². The van der Waals surface area contributed by atoms with Crippen molar-refractivity contribution in [2.45, 2.75) is 18.6 Å². The first-order valence-corrected chi connectivity index (χ1v) is 9.24. The van der Waals surface area contributed by atoms with E-state index in [1.165, 1.54) is 5.56 Å². The Balaban J connectivity index is 0.000000300. The Labute approximate surface area is 165 Å². The number of rotatable bonds is 5. The summed E-state index contributed by atoms with van der Waals surface area (Å²) >= 11 is 0. The lowest BCUT2D eigenvalue weighted by Crippen LogP contribution is -2.49. The lowest BCUT2D eigenvalue weighted by Gasteiger charge is -2.40. The van der Waals surface area contributed by atoms with Gasteiger partial charge < -0.3 is 24.6 Å². The maximum absolute atomic E-state index is 9.55. The van der Waals surface area contributed by atoms with Gasteiger partial charge in [-0.2, -0.15) is 0 Å². The van der Waals surface area contributed by atoms with Gasteiger partial charge in [0.2, 0.25) is 0 Å². The van der Waals surface area contributed by atoms with E-state index in [9.17, 15) is 9.59 Å². The number of carbonyl (C=O) groups is 2. The summed E-state index contributed by atoms with van der Waals surface area (Å²) in [6.45, 7) is 4.80. The summed E-state index contributed by atoms with van der Waals surface area (Å²) in [4.78, 5) is 23.9. The molecular weight excluding hydrogens is 364 g/mol. The molecule has 2 atom stereocenters. The first-order chi connectivity index (χ1) is 13.4. The van der Waals surface area contributed by atoms with Crippen LogP contribution in [0.4, 0.5) is 0 Å². The molecule has 0 aliphatic carbocycles. The fraction of sp³-hybridized carbons (Fsp3) is 0.500. The number of nitrogens with zero attached hydrogens (tertiary/aromatic N) is 2. The molecule has 0 amide bonds. The molecule has 1 aromatic carbocycles. The normalized spacial score (nSPS) is 21.7. The summed E-state index contributed by atoms with van der Waals surface area (Å²) in [5.41, 5.74) is 1.21. The number of hydrogen-bond acceptors (Lipinski definition) is 6. The molecule has 2 heterocycles. The highest BCUT2D eigenvalue weighted by Gasteiger charge is 2.36. The smallest absolute Gasteiger partial charge is 0.328 e. The Morgan fingerprint density at radius 2 is 1.86 bits per heavy atom. The van der Waals surface area contributed by atoms with Gasteiger partial charge in [0.15, 0.2) is 0 Å². The van der Waals surface area contributed by atoms with Crippen molar-refractivity contribution in [3.8, 4) is 5.75 Å². The molecule has 0 bridgehead atoms. The van der Waals surface area contributed by atoms with E-state index < -0.39 is 11.9 Å². The molecule has 154 valence electrons. The number of fused-ring (bicyclic) bond motifs is 3. The predicted molar refractivity (Wildman–Crippen MR) is 104 cm³/mol. The summed E-state index contributed by atoms with van der Waals surface area (Å²) < 4.78 is 12.0. The number of carboxylic acids is 2. The fourth-order valence-electron chi connectivity index (χ4n) is 3.28. The zero-order valence-corrected chi connectivity index (χ0v) is 16.3. The van der Waals surface area contributed by atoms with Gasteiger partial charge in [-0.25, -0.2) is 9.59 Å². The maximum Gasteiger partial charge on any atom is 0.328 e. The van der Waals surface area contributed by atoms with Gasteiger partial charge in [-0.3, -0.25) is 4.90 Å². The van der Waals surface area contributed by atoms with E-state index in [0.717, 1.165) is 45.0 Å². The van der Waals surface area contributed by atoms with Gasteiger partial charge in [-0.05, 0) is 26.6 Å². The van der Waals surface area contributed by atoms with Crippen LogP contribution in [0.1, 0.15) is 18.1 Å². The first kappa shape index (κ1) is 21.9. The van der Waals surface area contributed by atoms with E-state index in [1.807, 2.05) is 6.07 Å². The van der Waals surface area contributed by atoms with E-state index in [1.54, 1.807) is 0 Å². The van der Waals surface area contributed by atoms with Gasteiger partial charge in [0.25, 0.3) is 0 Å². The molecule has 1 aromatic rings. The van der Waals surface area contributed by atoms with Crippen LogP contribution in [-0.4, -0.2) is 84.9 Å². The molecule has 0 radical (unpaired) electrons. The van der Waals surface area contributed by atoms with Gasteiger partial charge in [0, 0.05) is 43.4 Å². The van der Waals surface area contributed by atoms with Gasteiger partial charge in [0.1, 0.15) is 11.9 Å². The van der Waals surface area contributed by atoms with Crippen molar-refractivity contribution in [2.24, 2.45) is 0 Å². The second-order valence-corrected chi connectivity index (χ2v) is 6.88. The molecular formula is C20H28N2O6. The third kappa shape index (κ3) is 6.63. The zero-order chi connectivity index (χ0) is 20.5. The second kappa shape index (κ2) is 10.8. The molecule has 2 aliphatic heterocycles. The van der Waals surface area contributed by atoms with Crippen LogP contribution in [-0.2, 0) is 14.3 Å². The molecule has 0 aromatic heterocycles. The molecule has 1 saturated heterocycles. The number of benzene rings is 1. The predicted octanol–water partition coefficient (Wildman–Crippen LogP) is 1.48. The third-order valence-corrected chi connectivity index (χ3v) is 4.59. The largest absolute Gasteiger partial charge is 0.493 e. The molecule has 8 heteroatoms. The molecule has 0 spiro atoms. The summed E-state index contributed by atoms with van der Waals surface area (Å²) in [6.07, 6.45) is 2.31. The Hall–Kier alpha value is -2.42. The Morgan fingerprint density at radius 1 is 1.18 bits per heavy atom. The quantitative estimate of drug-likeness (QED) is 0.727. The summed E-state index contributed by atoms with van der Waals surface area (Å²) in [7, 11) is 4.26. The minimum Gasteiger partial charge on any atom is -0.493 e. The Morgan fingerprint density at radius 3 is 2.50 bits per heavy atom. The lowest BCUT2D eigenvalue weighted by molar-refractivity contribution is -0.134. The maximum atomic E-state index is 9.55. The van der Waals surface area contributed by atoms with Crippen molar-refractivity contribution in [3.63, 3.8) is 0 Å². The number of hydrogen-bond donors (Lipinski definition) is 2. The van der Waals surface area contributed by atoms with Crippen LogP contribution in [0.3, 0.4) is 0 Å². The Bertz CT molecular complexity index is 675. The van der Waals surface area contributed by atoms with E-state index in [-0.39, 0.29) is 6.10 Å². The Kier molecular flexibility index (Phi) is 8.43. The minimum atomic E-state index is -1.26. The van der Waals surface area contributed by atoms with Gasteiger partial charge in [0.05, 0.1) is 13.2 Å². The van der Waals surface area contributed by atoms with Crippen molar-refractivity contribution in [3.05, 3.63) is 42.0 Å². The molecule has 2 aliphatic rings. The fourth-order valence-corrected chi connectivity index (χ4v) is 3.28. The third-order valence-electron chi connectivity index (χ3n) is 4.59. The first-order valence-electron chi connectivity index (χ1n) is 9.24. The average molecular weight is 392 g/mol. The van der Waals surface area contributed by atoms with E-state index >= 15 is 0 Å². The van der Waals surface area contributed by atoms with Crippen LogP contribution in [0.25, 0.3) is 0 Å². The highest BCUT2D eigenvalue weighted by Crippen LogP contribution is 2.37.